The Hall–Kier alpha value is -1.25. The van der Waals surface area contributed by atoms with E-state index >= 15 is 0 Å². The summed E-state index contributed by atoms with van der Waals surface area (Å²) in [5.74, 6) is 0.294. The fourth-order valence-electron chi connectivity index (χ4n) is 2.30. The van der Waals surface area contributed by atoms with Gasteiger partial charge in [-0.25, -0.2) is 0 Å². The van der Waals surface area contributed by atoms with Gasteiger partial charge in [0.1, 0.15) is 5.75 Å². The highest BCUT2D eigenvalue weighted by atomic mass is 19.4. The van der Waals surface area contributed by atoms with Gasteiger partial charge in [0, 0.05) is 18.0 Å². The van der Waals surface area contributed by atoms with Crippen LogP contribution >= 0.6 is 0 Å². The lowest BCUT2D eigenvalue weighted by Crippen LogP contribution is -2.36. The van der Waals surface area contributed by atoms with Gasteiger partial charge in [-0.05, 0) is 24.5 Å². The van der Waals surface area contributed by atoms with Gasteiger partial charge in [-0.3, -0.25) is 4.90 Å². The molecule has 0 aromatic heterocycles. The van der Waals surface area contributed by atoms with E-state index in [9.17, 15) is 23.2 Å². The van der Waals surface area contributed by atoms with E-state index in [2.05, 4.69) is 0 Å². The van der Waals surface area contributed by atoms with E-state index in [1.165, 1.54) is 24.1 Å². The summed E-state index contributed by atoms with van der Waals surface area (Å²) >= 11 is 0. The Labute approximate surface area is 121 Å². The second-order valence-corrected chi connectivity index (χ2v) is 5.20. The highest BCUT2D eigenvalue weighted by Gasteiger charge is 2.38. The molecule has 0 spiro atoms. The largest absolute Gasteiger partial charge is 0.497 e. The fraction of sp³-hybridized carbons (Fsp3) is 0.538. The topological polar surface area (TPSA) is 52.9 Å². The zero-order chi connectivity index (χ0) is 15.6. The number of hydrogen-bond donors (Lipinski definition) is 2. The van der Waals surface area contributed by atoms with Gasteiger partial charge >= 0.3 is 13.3 Å². The first-order chi connectivity index (χ1) is 9.80. The van der Waals surface area contributed by atoms with Crippen LogP contribution in [0.25, 0.3) is 0 Å². The number of alkyl halides is 3. The zero-order valence-corrected chi connectivity index (χ0v) is 11.6. The number of hydrogen-bond acceptors (Lipinski definition) is 4. The van der Waals surface area contributed by atoms with Crippen LogP contribution in [0.5, 0.6) is 5.75 Å². The van der Waals surface area contributed by atoms with Crippen LogP contribution in [0.1, 0.15) is 18.4 Å². The average molecular weight is 303 g/mol. The van der Waals surface area contributed by atoms with E-state index in [4.69, 9.17) is 4.74 Å². The van der Waals surface area contributed by atoms with E-state index in [1.54, 1.807) is 6.07 Å². The normalized spacial score (nSPS) is 15.4. The molecule has 1 fully saturated rings. The monoisotopic (exact) mass is 303 g/mol. The Kier molecular flexibility index (Phi) is 4.80. The minimum Gasteiger partial charge on any atom is -0.497 e. The maximum Gasteiger partial charge on any atom is 0.492 e. The van der Waals surface area contributed by atoms with Gasteiger partial charge in [0.15, 0.2) is 0 Å². The smallest absolute Gasteiger partial charge is 0.492 e. The third-order valence-electron chi connectivity index (χ3n) is 3.40. The van der Waals surface area contributed by atoms with Crippen molar-refractivity contribution in [2.24, 2.45) is 0 Å². The van der Waals surface area contributed by atoms with Crippen LogP contribution in [-0.4, -0.2) is 47.9 Å². The zero-order valence-electron chi connectivity index (χ0n) is 11.6. The van der Waals surface area contributed by atoms with Crippen molar-refractivity contribution in [3.63, 3.8) is 0 Å². The third kappa shape index (κ3) is 4.62. The molecular formula is C13H17BF3NO3. The third-order valence-corrected chi connectivity index (χ3v) is 3.40. The van der Waals surface area contributed by atoms with Gasteiger partial charge in [0.05, 0.1) is 13.7 Å². The lowest BCUT2D eigenvalue weighted by Gasteiger charge is -2.24. The van der Waals surface area contributed by atoms with Gasteiger partial charge in [-0.1, -0.05) is 12.1 Å². The standard InChI is InChI=1S/C13H17BF3NO3/c1-21-12-5-2-9(6-11(12)14(19)20)7-18(10-3-4-10)8-13(15,16)17/h2,5-6,10,19-20H,3-4,7-8H2,1H3. The first kappa shape index (κ1) is 16.1. The van der Waals surface area contributed by atoms with E-state index in [0.29, 0.717) is 11.3 Å². The molecule has 4 nitrogen and oxygen atoms in total. The average Bonchev–Trinajstić information content (AvgIpc) is 3.20. The number of ether oxygens (including phenoxy) is 1. The fourth-order valence-corrected chi connectivity index (χ4v) is 2.30. The lowest BCUT2D eigenvalue weighted by molar-refractivity contribution is -0.148. The molecule has 1 aliphatic rings. The van der Waals surface area contributed by atoms with E-state index < -0.39 is 19.8 Å². The van der Waals surface area contributed by atoms with Gasteiger partial charge in [0.2, 0.25) is 0 Å². The molecule has 1 saturated carbocycles. The molecule has 0 heterocycles. The molecule has 1 aromatic rings. The van der Waals surface area contributed by atoms with Crippen LogP contribution in [0.15, 0.2) is 18.2 Å². The number of methoxy groups -OCH3 is 1. The molecule has 2 rings (SSSR count). The van der Waals surface area contributed by atoms with Crippen molar-refractivity contribution in [1.29, 1.82) is 0 Å². The molecule has 1 aromatic carbocycles. The Morgan fingerprint density at radius 2 is 2.00 bits per heavy atom. The first-order valence-corrected chi connectivity index (χ1v) is 6.64. The predicted octanol–water partition coefficient (Wildman–Crippen LogP) is 0.902. The van der Waals surface area contributed by atoms with Crippen LogP contribution in [0.4, 0.5) is 13.2 Å². The highest BCUT2D eigenvalue weighted by molar-refractivity contribution is 6.59. The van der Waals surface area contributed by atoms with Crippen LogP contribution < -0.4 is 10.2 Å². The molecule has 0 amide bonds. The molecule has 8 heteroatoms. The summed E-state index contributed by atoms with van der Waals surface area (Å²) in [6.07, 6.45) is -2.71. The molecule has 0 bridgehead atoms. The summed E-state index contributed by atoms with van der Waals surface area (Å²) in [4.78, 5) is 1.37. The molecular weight excluding hydrogens is 286 g/mol. The first-order valence-electron chi connectivity index (χ1n) is 6.64. The van der Waals surface area contributed by atoms with Crippen molar-refractivity contribution in [2.75, 3.05) is 13.7 Å². The lowest BCUT2D eigenvalue weighted by atomic mass is 9.78. The quantitative estimate of drug-likeness (QED) is 0.767. The molecule has 21 heavy (non-hydrogen) atoms. The maximum absolute atomic E-state index is 12.6. The number of nitrogens with zero attached hydrogens (tertiary/aromatic N) is 1. The molecule has 0 unspecified atom stereocenters. The molecule has 116 valence electrons. The summed E-state index contributed by atoms with van der Waals surface area (Å²) in [5, 5.41) is 18.6. The number of halogens is 3. The van der Waals surface area contributed by atoms with E-state index in [-0.39, 0.29) is 18.0 Å². The highest BCUT2D eigenvalue weighted by Crippen LogP contribution is 2.31. The SMILES string of the molecule is COc1ccc(CN(CC(F)(F)F)C2CC2)cc1B(O)O. The van der Waals surface area contributed by atoms with Crippen LogP contribution in [-0.2, 0) is 6.54 Å². The van der Waals surface area contributed by atoms with Crippen molar-refractivity contribution >= 4 is 12.6 Å². The van der Waals surface area contributed by atoms with Gasteiger partial charge in [-0.2, -0.15) is 13.2 Å². The summed E-state index contributed by atoms with van der Waals surface area (Å²) in [7, 11) is -0.335. The van der Waals surface area contributed by atoms with Gasteiger partial charge in [0.25, 0.3) is 0 Å². The van der Waals surface area contributed by atoms with Crippen molar-refractivity contribution in [1.82, 2.24) is 4.90 Å². The molecule has 1 aliphatic carbocycles. The summed E-state index contributed by atoms with van der Waals surface area (Å²) in [5.41, 5.74) is 0.743. The molecule has 2 N–H and O–H groups in total. The number of rotatable bonds is 6. The predicted molar refractivity (Wildman–Crippen MR) is 72.3 cm³/mol. The maximum atomic E-state index is 12.6. The van der Waals surface area contributed by atoms with E-state index in [1.807, 2.05) is 0 Å². The Morgan fingerprint density at radius 1 is 1.33 bits per heavy atom. The Balaban J connectivity index is 2.15. The molecule has 0 aliphatic heterocycles. The van der Waals surface area contributed by atoms with Crippen molar-refractivity contribution in [3.8, 4) is 5.75 Å². The van der Waals surface area contributed by atoms with Gasteiger partial charge < -0.3 is 14.8 Å². The van der Waals surface area contributed by atoms with Crippen molar-refractivity contribution in [2.45, 2.75) is 31.6 Å². The summed E-state index contributed by atoms with van der Waals surface area (Å²) < 4.78 is 42.7. The van der Waals surface area contributed by atoms with Gasteiger partial charge in [-0.15, -0.1) is 0 Å². The summed E-state index contributed by atoms with van der Waals surface area (Å²) in [6, 6.07) is 4.59. The second-order valence-electron chi connectivity index (χ2n) is 5.20. The molecule has 0 radical (unpaired) electrons. The number of benzene rings is 1. The van der Waals surface area contributed by atoms with Crippen molar-refractivity contribution in [3.05, 3.63) is 23.8 Å². The second kappa shape index (κ2) is 6.25. The Bertz CT molecular complexity index is 492. The van der Waals surface area contributed by atoms with E-state index in [0.717, 1.165) is 12.8 Å². The summed E-state index contributed by atoms with van der Waals surface area (Å²) in [6.45, 7) is -0.839. The minimum atomic E-state index is -4.24. The van der Waals surface area contributed by atoms with Crippen LogP contribution in [0, 0.1) is 0 Å². The van der Waals surface area contributed by atoms with Crippen molar-refractivity contribution < 1.29 is 28.0 Å². The Morgan fingerprint density at radius 3 is 2.48 bits per heavy atom. The van der Waals surface area contributed by atoms with Crippen LogP contribution in [0.2, 0.25) is 0 Å². The molecule has 0 atom stereocenters. The molecule has 0 saturated heterocycles. The van der Waals surface area contributed by atoms with Crippen LogP contribution in [0.3, 0.4) is 0 Å². The minimum absolute atomic E-state index is 0.0452.